The summed E-state index contributed by atoms with van der Waals surface area (Å²) in [6.45, 7) is 0.0509. The topological polar surface area (TPSA) is 55.6 Å². The van der Waals surface area contributed by atoms with Crippen molar-refractivity contribution in [3.05, 3.63) is 45.5 Å². The highest BCUT2D eigenvalue weighted by atomic mass is 32.1. The van der Waals surface area contributed by atoms with Crippen molar-refractivity contribution in [3.8, 4) is 0 Å². The van der Waals surface area contributed by atoms with E-state index in [2.05, 4.69) is 0 Å². The zero-order chi connectivity index (χ0) is 12.8. The van der Waals surface area contributed by atoms with Crippen LogP contribution in [0.1, 0.15) is 11.1 Å². The van der Waals surface area contributed by atoms with E-state index in [4.69, 9.17) is 17.0 Å². The van der Waals surface area contributed by atoms with Crippen LogP contribution in [0.4, 0.5) is 0 Å². The van der Waals surface area contributed by atoms with Gasteiger partial charge in [0.1, 0.15) is 6.61 Å². The molecule has 0 fully saturated rings. The predicted molar refractivity (Wildman–Crippen MR) is 68.2 cm³/mol. The monoisotopic (exact) mass is 254 g/mol. The van der Waals surface area contributed by atoms with Gasteiger partial charge in [0.15, 0.2) is 0 Å². The minimum atomic E-state index is -0.358. The lowest BCUT2D eigenvalue weighted by molar-refractivity contribution is -0.497. The molecule has 0 atom stereocenters. The van der Waals surface area contributed by atoms with Crippen molar-refractivity contribution in [2.45, 2.75) is 13.2 Å². The molecule has 0 N–H and O–H groups in total. The molecule has 0 heterocycles. The lowest BCUT2D eigenvalue weighted by atomic mass is 10.1. The number of rotatable bonds is 4. The van der Waals surface area contributed by atoms with Gasteiger partial charge in [-0.15, -0.1) is 0 Å². The van der Waals surface area contributed by atoms with Crippen LogP contribution in [0.25, 0.3) is 0 Å². The van der Waals surface area contributed by atoms with E-state index in [1.807, 2.05) is 6.07 Å². The molecule has 5 nitrogen and oxygen atoms in total. The van der Waals surface area contributed by atoms with Gasteiger partial charge in [0, 0.05) is 24.6 Å². The molecule has 17 heavy (non-hydrogen) atoms. The molecule has 92 valence electrons. The van der Waals surface area contributed by atoms with E-state index in [1.165, 1.54) is 0 Å². The summed E-state index contributed by atoms with van der Waals surface area (Å²) in [6, 6.07) is 7.12. The van der Waals surface area contributed by atoms with Gasteiger partial charge in [0.25, 0.3) is 5.17 Å². The standard InChI is InChI=1S/C11H14N2O3S/c1-12(2)11(17)16-8-10-6-4-3-5-9(10)7-13(14)15/h3-6H,7-8H2,1-2H3. The molecule has 0 aliphatic carbocycles. The average Bonchev–Trinajstić information content (AvgIpc) is 2.26. The molecular weight excluding hydrogens is 240 g/mol. The van der Waals surface area contributed by atoms with Crippen LogP contribution in [0.2, 0.25) is 0 Å². The van der Waals surface area contributed by atoms with Gasteiger partial charge in [-0.3, -0.25) is 10.1 Å². The third-order valence-corrected chi connectivity index (χ3v) is 2.62. The SMILES string of the molecule is CN(C)C(=S)OCc1ccccc1C[N+](=O)[O-]. The summed E-state index contributed by atoms with van der Waals surface area (Å²) in [5, 5.41) is 10.9. The van der Waals surface area contributed by atoms with Crippen LogP contribution in [0.15, 0.2) is 24.3 Å². The Bertz CT molecular complexity index is 421. The number of hydrogen-bond donors (Lipinski definition) is 0. The van der Waals surface area contributed by atoms with Crippen LogP contribution >= 0.6 is 12.2 Å². The first-order valence-electron chi connectivity index (χ1n) is 5.03. The summed E-state index contributed by atoms with van der Waals surface area (Å²) >= 11 is 4.98. The molecule has 0 bridgehead atoms. The molecule has 0 amide bonds. The summed E-state index contributed by atoms with van der Waals surface area (Å²) in [6.07, 6.45) is 0. The van der Waals surface area contributed by atoms with Crippen LogP contribution < -0.4 is 0 Å². The van der Waals surface area contributed by atoms with Gasteiger partial charge in [-0.25, -0.2) is 0 Å². The molecule has 0 saturated carbocycles. The highest BCUT2D eigenvalue weighted by Gasteiger charge is 2.09. The molecule has 1 aromatic carbocycles. The zero-order valence-electron chi connectivity index (χ0n) is 9.75. The quantitative estimate of drug-likeness (QED) is 0.466. The Hall–Kier alpha value is -1.69. The van der Waals surface area contributed by atoms with Gasteiger partial charge in [-0.1, -0.05) is 24.3 Å². The summed E-state index contributed by atoms with van der Waals surface area (Å²) in [5.74, 6) is 0. The second-order valence-corrected chi connectivity index (χ2v) is 4.06. The van der Waals surface area contributed by atoms with Gasteiger partial charge in [-0.2, -0.15) is 0 Å². The Kier molecular flexibility index (Phi) is 4.84. The fraction of sp³-hybridized carbons (Fsp3) is 0.364. The third kappa shape index (κ3) is 4.36. The maximum Gasteiger partial charge on any atom is 0.259 e. The summed E-state index contributed by atoms with van der Waals surface area (Å²) in [4.78, 5) is 11.8. The lowest BCUT2D eigenvalue weighted by Crippen LogP contribution is -2.22. The maximum absolute atomic E-state index is 10.5. The van der Waals surface area contributed by atoms with Gasteiger partial charge < -0.3 is 9.64 Å². The van der Waals surface area contributed by atoms with Gasteiger partial charge in [0.2, 0.25) is 6.54 Å². The van der Waals surface area contributed by atoms with Crippen molar-refractivity contribution >= 4 is 17.4 Å². The zero-order valence-corrected chi connectivity index (χ0v) is 10.6. The molecule has 1 aromatic rings. The maximum atomic E-state index is 10.5. The minimum Gasteiger partial charge on any atom is -0.466 e. The molecule has 0 radical (unpaired) electrons. The molecule has 0 aliphatic rings. The van der Waals surface area contributed by atoms with Crippen molar-refractivity contribution in [2.24, 2.45) is 0 Å². The first kappa shape index (κ1) is 13.4. The van der Waals surface area contributed by atoms with Crippen LogP contribution in [0.3, 0.4) is 0 Å². The lowest BCUT2D eigenvalue weighted by Gasteiger charge is -2.15. The summed E-state index contributed by atoms with van der Waals surface area (Å²) in [5.41, 5.74) is 1.44. The second-order valence-electron chi connectivity index (χ2n) is 3.71. The summed E-state index contributed by atoms with van der Waals surface area (Å²) < 4.78 is 5.35. The fourth-order valence-corrected chi connectivity index (χ4v) is 1.32. The van der Waals surface area contributed by atoms with Crippen molar-refractivity contribution < 1.29 is 9.66 Å². The van der Waals surface area contributed by atoms with E-state index < -0.39 is 0 Å². The van der Waals surface area contributed by atoms with E-state index in [0.29, 0.717) is 10.7 Å². The molecule has 0 aromatic heterocycles. The number of nitrogens with zero attached hydrogens (tertiary/aromatic N) is 2. The number of ether oxygens (including phenoxy) is 1. The number of benzene rings is 1. The van der Waals surface area contributed by atoms with Crippen LogP contribution in [-0.4, -0.2) is 29.1 Å². The molecule has 0 unspecified atom stereocenters. The normalized spacial score (nSPS) is 9.76. The van der Waals surface area contributed by atoms with E-state index >= 15 is 0 Å². The van der Waals surface area contributed by atoms with E-state index in [9.17, 15) is 10.1 Å². The highest BCUT2D eigenvalue weighted by molar-refractivity contribution is 7.79. The van der Waals surface area contributed by atoms with Gasteiger partial charge in [0.05, 0.1) is 0 Å². The smallest absolute Gasteiger partial charge is 0.259 e. The molecule has 0 saturated heterocycles. The fourth-order valence-electron chi connectivity index (χ4n) is 1.26. The summed E-state index contributed by atoms with van der Waals surface area (Å²) in [7, 11) is 3.57. The number of nitro groups is 1. The third-order valence-electron chi connectivity index (χ3n) is 2.13. The van der Waals surface area contributed by atoms with Crippen molar-refractivity contribution in [1.29, 1.82) is 0 Å². The van der Waals surface area contributed by atoms with Crippen molar-refractivity contribution in [3.63, 3.8) is 0 Å². The van der Waals surface area contributed by atoms with Crippen LogP contribution in [0.5, 0.6) is 0 Å². The Morgan fingerprint density at radius 2 is 2.00 bits per heavy atom. The van der Waals surface area contributed by atoms with E-state index in [0.717, 1.165) is 5.56 Å². The van der Waals surface area contributed by atoms with Crippen molar-refractivity contribution in [2.75, 3.05) is 14.1 Å². The van der Waals surface area contributed by atoms with Crippen LogP contribution in [-0.2, 0) is 17.9 Å². The van der Waals surface area contributed by atoms with Gasteiger partial charge >= 0.3 is 0 Å². The minimum absolute atomic E-state index is 0.200. The van der Waals surface area contributed by atoms with E-state index in [-0.39, 0.29) is 18.1 Å². The van der Waals surface area contributed by atoms with Crippen LogP contribution in [0, 0.1) is 10.1 Å². The molecule has 6 heteroatoms. The van der Waals surface area contributed by atoms with E-state index in [1.54, 1.807) is 37.2 Å². The Labute approximate surface area is 105 Å². The largest absolute Gasteiger partial charge is 0.466 e. The molecule has 0 spiro atoms. The average molecular weight is 254 g/mol. The first-order valence-corrected chi connectivity index (χ1v) is 5.44. The first-order chi connectivity index (χ1) is 8.00. The Morgan fingerprint density at radius 3 is 2.53 bits per heavy atom. The number of thiocarbonyl (C=S) groups is 1. The second kappa shape index (κ2) is 6.15. The molecular formula is C11H14N2O3S. The van der Waals surface area contributed by atoms with Gasteiger partial charge in [-0.05, 0) is 17.8 Å². The number of hydrogen-bond acceptors (Lipinski definition) is 4. The Balaban J connectivity index is 2.70. The molecule has 0 aliphatic heterocycles. The van der Waals surface area contributed by atoms with Crippen molar-refractivity contribution in [1.82, 2.24) is 4.90 Å². The molecule has 1 rings (SSSR count). The highest BCUT2D eigenvalue weighted by Crippen LogP contribution is 2.11. The predicted octanol–water partition coefficient (Wildman–Crippen LogP) is 1.83. The Morgan fingerprint density at radius 1 is 1.41 bits per heavy atom.